The molecule has 0 unspecified atom stereocenters. The highest BCUT2D eigenvalue weighted by atomic mass is 79.9. The molecule has 1 aromatic heterocycles. The summed E-state index contributed by atoms with van der Waals surface area (Å²) in [5.41, 5.74) is 1.35. The lowest BCUT2D eigenvalue weighted by Gasteiger charge is -2.32. The van der Waals surface area contributed by atoms with Crippen molar-refractivity contribution in [3.05, 3.63) is 22.3 Å². The smallest absolute Gasteiger partial charge is 0.140 e. The number of rotatable bonds is 5. The zero-order valence-corrected chi connectivity index (χ0v) is 12.2. The van der Waals surface area contributed by atoms with Crippen LogP contribution in [0.25, 0.3) is 0 Å². The summed E-state index contributed by atoms with van der Waals surface area (Å²) < 4.78 is 1.05. The average Bonchev–Trinajstić information content (AvgIpc) is 2.29. The molecule has 1 aromatic rings. The molecule has 0 saturated heterocycles. The summed E-state index contributed by atoms with van der Waals surface area (Å²) in [5, 5.41) is 3.58. The van der Waals surface area contributed by atoms with Crippen LogP contribution in [0.2, 0.25) is 0 Å². The SMILES string of the molecule is CCC(CC)(CC)Nc1ncc(C)cc1Br. The average molecular weight is 285 g/mol. The van der Waals surface area contributed by atoms with Crippen LogP contribution in [0.1, 0.15) is 45.6 Å². The number of hydrogen-bond acceptors (Lipinski definition) is 2. The molecule has 16 heavy (non-hydrogen) atoms. The van der Waals surface area contributed by atoms with E-state index < -0.39 is 0 Å². The van der Waals surface area contributed by atoms with Gasteiger partial charge in [0.2, 0.25) is 0 Å². The zero-order chi connectivity index (χ0) is 12.2. The molecule has 0 aromatic carbocycles. The number of anilines is 1. The summed E-state index contributed by atoms with van der Waals surface area (Å²) in [7, 11) is 0. The highest BCUT2D eigenvalue weighted by Gasteiger charge is 2.24. The summed E-state index contributed by atoms with van der Waals surface area (Å²) in [5.74, 6) is 0.955. The molecule has 2 nitrogen and oxygen atoms in total. The quantitative estimate of drug-likeness (QED) is 0.859. The van der Waals surface area contributed by atoms with Crippen LogP contribution in [-0.4, -0.2) is 10.5 Å². The van der Waals surface area contributed by atoms with Crippen molar-refractivity contribution >= 4 is 21.7 Å². The molecular formula is C13H21BrN2. The topological polar surface area (TPSA) is 24.9 Å². The van der Waals surface area contributed by atoms with Crippen LogP contribution in [-0.2, 0) is 0 Å². The van der Waals surface area contributed by atoms with Crippen molar-refractivity contribution < 1.29 is 0 Å². The summed E-state index contributed by atoms with van der Waals surface area (Å²) in [4.78, 5) is 4.45. The van der Waals surface area contributed by atoms with E-state index in [1.165, 1.54) is 5.56 Å². The van der Waals surface area contributed by atoms with Gasteiger partial charge in [0.1, 0.15) is 5.82 Å². The van der Waals surface area contributed by atoms with Gasteiger partial charge in [-0.2, -0.15) is 0 Å². The number of aryl methyl sites for hydroxylation is 1. The first-order valence-corrected chi connectivity index (χ1v) is 6.76. The van der Waals surface area contributed by atoms with E-state index >= 15 is 0 Å². The van der Waals surface area contributed by atoms with E-state index in [1.807, 2.05) is 13.1 Å². The summed E-state index contributed by atoms with van der Waals surface area (Å²) in [6, 6.07) is 2.10. The zero-order valence-electron chi connectivity index (χ0n) is 10.6. The Hall–Kier alpha value is -0.570. The van der Waals surface area contributed by atoms with Crippen LogP contribution in [0.5, 0.6) is 0 Å². The van der Waals surface area contributed by atoms with Gasteiger partial charge in [0.05, 0.1) is 4.47 Å². The lowest BCUT2D eigenvalue weighted by molar-refractivity contribution is 0.418. The monoisotopic (exact) mass is 284 g/mol. The Bertz CT molecular complexity index is 338. The van der Waals surface area contributed by atoms with E-state index in [4.69, 9.17) is 0 Å². The maximum Gasteiger partial charge on any atom is 0.140 e. The lowest BCUT2D eigenvalue weighted by atomic mass is 9.90. The van der Waals surface area contributed by atoms with Crippen molar-refractivity contribution in [1.29, 1.82) is 0 Å². The Morgan fingerprint density at radius 1 is 1.25 bits per heavy atom. The molecule has 0 atom stereocenters. The van der Waals surface area contributed by atoms with Crippen molar-refractivity contribution in [2.24, 2.45) is 0 Å². The van der Waals surface area contributed by atoms with Gasteiger partial charge in [-0.3, -0.25) is 0 Å². The van der Waals surface area contributed by atoms with Crippen LogP contribution < -0.4 is 5.32 Å². The number of nitrogens with one attached hydrogen (secondary N) is 1. The molecular weight excluding hydrogens is 264 g/mol. The molecule has 0 amide bonds. The van der Waals surface area contributed by atoms with Gasteiger partial charge in [-0.1, -0.05) is 20.8 Å². The van der Waals surface area contributed by atoms with Gasteiger partial charge < -0.3 is 5.32 Å². The minimum Gasteiger partial charge on any atom is -0.364 e. The first kappa shape index (κ1) is 13.5. The fraction of sp³-hybridized carbons (Fsp3) is 0.615. The standard InChI is InChI=1S/C13H21BrN2/c1-5-13(6-2,7-3)16-12-11(14)8-10(4)9-15-12/h8-9H,5-7H2,1-4H3,(H,15,16). The number of hydrogen-bond donors (Lipinski definition) is 1. The molecule has 0 aliphatic rings. The molecule has 3 heteroatoms. The minimum absolute atomic E-state index is 0.171. The van der Waals surface area contributed by atoms with E-state index in [-0.39, 0.29) is 5.54 Å². The van der Waals surface area contributed by atoms with Crippen LogP contribution in [0, 0.1) is 6.92 Å². The van der Waals surface area contributed by atoms with Gasteiger partial charge in [0.25, 0.3) is 0 Å². The van der Waals surface area contributed by atoms with Crippen LogP contribution >= 0.6 is 15.9 Å². The fourth-order valence-electron chi connectivity index (χ4n) is 1.89. The normalized spacial score (nSPS) is 11.6. The van der Waals surface area contributed by atoms with Crippen molar-refractivity contribution in [2.45, 2.75) is 52.5 Å². The molecule has 0 radical (unpaired) electrons. The Kier molecular flexibility index (Phi) is 4.78. The Morgan fingerprint density at radius 2 is 1.81 bits per heavy atom. The molecule has 0 aliphatic carbocycles. The minimum atomic E-state index is 0.171. The number of aromatic nitrogens is 1. The maximum atomic E-state index is 4.45. The maximum absolute atomic E-state index is 4.45. The Labute approximate surface area is 107 Å². The van der Waals surface area contributed by atoms with Crippen molar-refractivity contribution in [3.8, 4) is 0 Å². The molecule has 1 heterocycles. The van der Waals surface area contributed by atoms with E-state index in [1.54, 1.807) is 0 Å². The third kappa shape index (κ3) is 2.97. The summed E-state index contributed by atoms with van der Waals surface area (Å²) in [6.07, 6.45) is 5.24. The largest absolute Gasteiger partial charge is 0.364 e. The molecule has 0 bridgehead atoms. The Balaban J connectivity index is 2.93. The van der Waals surface area contributed by atoms with Gasteiger partial charge in [0.15, 0.2) is 0 Å². The van der Waals surface area contributed by atoms with E-state index in [0.717, 1.165) is 29.6 Å². The molecule has 90 valence electrons. The molecule has 0 aliphatic heterocycles. The van der Waals surface area contributed by atoms with Gasteiger partial charge in [-0.15, -0.1) is 0 Å². The predicted molar refractivity (Wildman–Crippen MR) is 73.9 cm³/mol. The predicted octanol–water partition coefficient (Wildman–Crippen LogP) is 4.53. The molecule has 1 N–H and O–H groups in total. The first-order valence-electron chi connectivity index (χ1n) is 5.97. The third-order valence-corrected chi connectivity index (χ3v) is 4.00. The Morgan fingerprint density at radius 3 is 2.25 bits per heavy atom. The fourth-order valence-corrected chi connectivity index (χ4v) is 2.45. The van der Waals surface area contributed by atoms with E-state index in [9.17, 15) is 0 Å². The second kappa shape index (κ2) is 5.67. The summed E-state index contributed by atoms with van der Waals surface area (Å²) >= 11 is 3.56. The van der Waals surface area contributed by atoms with E-state index in [0.29, 0.717) is 0 Å². The van der Waals surface area contributed by atoms with Crippen molar-refractivity contribution in [2.75, 3.05) is 5.32 Å². The lowest BCUT2D eigenvalue weighted by Crippen LogP contribution is -2.36. The highest BCUT2D eigenvalue weighted by molar-refractivity contribution is 9.10. The highest BCUT2D eigenvalue weighted by Crippen LogP contribution is 2.29. The van der Waals surface area contributed by atoms with Crippen LogP contribution in [0.3, 0.4) is 0 Å². The number of halogens is 1. The number of nitrogens with zero attached hydrogens (tertiary/aromatic N) is 1. The van der Waals surface area contributed by atoms with Crippen LogP contribution in [0.4, 0.5) is 5.82 Å². The van der Waals surface area contributed by atoms with E-state index in [2.05, 4.69) is 53.1 Å². The van der Waals surface area contributed by atoms with Crippen molar-refractivity contribution in [1.82, 2.24) is 4.98 Å². The number of pyridine rings is 1. The van der Waals surface area contributed by atoms with Crippen molar-refractivity contribution in [3.63, 3.8) is 0 Å². The molecule has 0 fully saturated rings. The first-order chi connectivity index (χ1) is 7.56. The van der Waals surface area contributed by atoms with Gasteiger partial charge in [-0.05, 0) is 53.7 Å². The van der Waals surface area contributed by atoms with Gasteiger partial charge in [-0.25, -0.2) is 4.98 Å². The third-order valence-electron chi connectivity index (χ3n) is 3.39. The second-order valence-electron chi connectivity index (χ2n) is 4.31. The molecule has 1 rings (SSSR count). The molecule has 0 saturated carbocycles. The van der Waals surface area contributed by atoms with Gasteiger partial charge >= 0.3 is 0 Å². The second-order valence-corrected chi connectivity index (χ2v) is 5.16. The van der Waals surface area contributed by atoms with Crippen LogP contribution in [0.15, 0.2) is 16.7 Å². The molecule has 0 spiro atoms. The van der Waals surface area contributed by atoms with Gasteiger partial charge in [0, 0.05) is 11.7 Å². The summed E-state index contributed by atoms with van der Waals surface area (Å²) in [6.45, 7) is 8.72.